The third-order valence-electron chi connectivity index (χ3n) is 15.2. The molecule has 1 aromatic heterocycles. The molecule has 0 N–H and O–H groups in total. The van der Waals surface area contributed by atoms with Crippen molar-refractivity contribution < 1.29 is 0 Å². The number of nitrogens with zero attached hydrogens (tertiary/aromatic N) is 2. The van der Waals surface area contributed by atoms with E-state index in [0.717, 1.165) is 11.4 Å². The predicted octanol–water partition coefficient (Wildman–Crippen LogP) is 15.3. The number of hydrogen-bond acceptors (Lipinski definition) is 1. The Kier molecular flexibility index (Phi) is 6.58. The van der Waals surface area contributed by atoms with Gasteiger partial charge in [-0.25, -0.2) is 0 Å². The lowest BCUT2D eigenvalue weighted by atomic mass is 9.65. The van der Waals surface area contributed by atoms with Crippen molar-refractivity contribution >= 4 is 38.9 Å². The molecule has 10 aromatic carbocycles. The largest absolute Gasteiger partial charge is 0.310 e. The number of aromatic nitrogens is 1. The second-order valence-electron chi connectivity index (χ2n) is 17.9. The molecule has 0 fully saturated rings. The molecule has 0 saturated carbocycles. The molecule has 0 saturated heterocycles. The Balaban J connectivity index is 1.06. The van der Waals surface area contributed by atoms with Gasteiger partial charge in [0.1, 0.15) is 0 Å². The van der Waals surface area contributed by atoms with Gasteiger partial charge >= 0.3 is 0 Å². The molecule has 0 unspecified atom stereocenters. The van der Waals surface area contributed by atoms with Crippen molar-refractivity contribution in [3.63, 3.8) is 0 Å². The zero-order valence-electron chi connectivity index (χ0n) is 34.8. The molecule has 15 rings (SSSR count). The normalized spacial score (nSPS) is 14.5. The number of anilines is 3. The summed E-state index contributed by atoms with van der Waals surface area (Å²) in [7, 11) is 0. The summed E-state index contributed by atoms with van der Waals surface area (Å²) in [4.78, 5) is 2.53. The van der Waals surface area contributed by atoms with Gasteiger partial charge in [-0.1, -0.05) is 188 Å². The van der Waals surface area contributed by atoms with E-state index in [4.69, 9.17) is 0 Å². The number of hydrogen-bond donors (Lipinski definition) is 0. The Morgan fingerprint density at radius 3 is 1.42 bits per heavy atom. The SMILES string of the molecule is c1ccc(N(c2ccc3c(c2)C2(c4ccccc4-c4ccccc42)c2cccc4c5ccccc5n-3c24)c2cccc3c2-c2ccccc2C32c3ccccc3-c3ccccc32)cc1. The fourth-order valence-corrected chi connectivity index (χ4v) is 13.0. The second kappa shape index (κ2) is 12.2. The summed E-state index contributed by atoms with van der Waals surface area (Å²) >= 11 is 0. The molecule has 4 aliphatic rings. The average Bonchev–Trinajstić information content (AvgIpc) is 4.06. The summed E-state index contributed by atoms with van der Waals surface area (Å²) < 4.78 is 2.55. The number of fused-ring (bicyclic) bond motifs is 22. The minimum Gasteiger partial charge on any atom is -0.310 e. The number of benzene rings is 10. The summed E-state index contributed by atoms with van der Waals surface area (Å²) in [5.74, 6) is 0. The molecule has 64 heavy (non-hydrogen) atoms. The maximum Gasteiger partial charge on any atom is 0.0755 e. The molecule has 296 valence electrons. The monoisotopic (exact) mass is 810 g/mol. The highest BCUT2D eigenvalue weighted by Crippen LogP contribution is 2.66. The predicted molar refractivity (Wildman–Crippen MR) is 263 cm³/mol. The second-order valence-corrected chi connectivity index (χ2v) is 17.9. The van der Waals surface area contributed by atoms with Crippen molar-refractivity contribution in [1.29, 1.82) is 0 Å². The standard InChI is InChI=1S/C62H38N2/c1-2-18-39(19-3-1)63(58-35-17-32-53-59(58)47-25-8-14-31-52(47)61(53)48-27-10-4-20-41(48)42-21-5-11-28-49(42)61)40-36-37-57-55(38-40)62(50-29-12-6-22-43(50)44-23-7-13-30-51(44)62)54-33-16-26-46-45-24-9-15-34-56(45)64(57)60(46)54/h1-38H. The molecular formula is C62H38N2. The van der Waals surface area contributed by atoms with Crippen LogP contribution < -0.4 is 4.90 Å². The minimum atomic E-state index is -0.558. The first-order chi connectivity index (χ1) is 31.8. The van der Waals surface area contributed by atoms with Gasteiger partial charge in [-0.15, -0.1) is 0 Å². The van der Waals surface area contributed by atoms with Gasteiger partial charge in [-0.2, -0.15) is 0 Å². The van der Waals surface area contributed by atoms with Crippen LogP contribution in [0.15, 0.2) is 231 Å². The summed E-state index contributed by atoms with van der Waals surface area (Å²) in [5.41, 5.74) is 24.6. The molecule has 2 heterocycles. The van der Waals surface area contributed by atoms with Crippen LogP contribution in [0.2, 0.25) is 0 Å². The molecule has 1 aliphatic heterocycles. The molecule has 0 atom stereocenters. The quantitative estimate of drug-likeness (QED) is 0.173. The summed E-state index contributed by atoms with van der Waals surface area (Å²) in [5, 5.41) is 2.57. The highest BCUT2D eigenvalue weighted by Gasteiger charge is 2.53. The molecule has 0 bridgehead atoms. The lowest BCUT2D eigenvalue weighted by Crippen LogP contribution is -2.33. The van der Waals surface area contributed by atoms with Crippen molar-refractivity contribution in [1.82, 2.24) is 4.57 Å². The zero-order valence-corrected chi connectivity index (χ0v) is 34.8. The Morgan fingerprint density at radius 2 is 0.781 bits per heavy atom. The highest BCUT2D eigenvalue weighted by molar-refractivity contribution is 6.13. The van der Waals surface area contributed by atoms with E-state index in [1.165, 1.54) is 111 Å². The molecule has 2 heteroatoms. The van der Waals surface area contributed by atoms with Gasteiger partial charge in [0.15, 0.2) is 0 Å². The Bertz CT molecular complexity index is 3720. The molecule has 11 aromatic rings. The van der Waals surface area contributed by atoms with Crippen LogP contribution in [0.4, 0.5) is 17.1 Å². The first kappa shape index (κ1) is 34.4. The van der Waals surface area contributed by atoms with Gasteiger partial charge < -0.3 is 9.47 Å². The maximum absolute atomic E-state index is 2.55. The van der Waals surface area contributed by atoms with Gasteiger partial charge in [0.05, 0.1) is 33.2 Å². The van der Waals surface area contributed by atoms with E-state index in [1.54, 1.807) is 0 Å². The smallest absolute Gasteiger partial charge is 0.0755 e. The van der Waals surface area contributed by atoms with E-state index in [0.29, 0.717) is 0 Å². The van der Waals surface area contributed by atoms with Crippen molar-refractivity contribution in [3.8, 4) is 39.1 Å². The third-order valence-corrected chi connectivity index (χ3v) is 15.2. The Labute approximate surface area is 371 Å². The lowest BCUT2D eigenvalue weighted by Gasteiger charge is -2.40. The topological polar surface area (TPSA) is 8.17 Å². The van der Waals surface area contributed by atoms with Crippen LogP contribution in [-0.4, -0.2) is 4.57 Å². The van der Waals surface area contributed by atoms with Gasteiger partial charge in [-0.3, -0.25) is 0 Å². The maximum atomic E-state index is 2.55. The van der Waals surface area contributed by atoms with Gasteiger partial charge in [0.25, 0.3) is 0 Å². The van der Waals surface area contributed by atoms with Gasteiger partial charge in [0.2, 0.25) is 0 Å². The van der Waals surface area contributed by atoms with E-state index in [1.807, 2.05) is 0 Å². The summed E-state index contributed by atoms with van der Waals surface area (Å²) in [6.07, 6.45) is 0. The van der Waals surface area contributed by atoms with E-state index in [-0.39, 0.29) is 0 Å². The minimum absolute atomic E-state index is 0.445. The van der Waals surface area contributed by atoms with Gasteiger partial charge in [-0.05, 0) is 115 Å². The zero-order chi connectivity index (χ0) is 41.7. The van der Waals surface area contributed by atoms with Crippen LogP contribution in [-0.2, 0) is 10.8 Å². The fourth-order valence-electron chi connectivity index (χ4n) is 13.0. The van der Waals surface area contributed by atoms with Crippen molar-refractivity contribution in [2.75, 3.05) is 4.90 Å². The fraction of sp³-hybridized carbons (Fsp3) is 0.0323. The van der Waals surface area contributed by atoms with Crippen LogP contribution in [0.5, 0.6) is 0 Å². The lowest BCUT2D eigenvalue weighted by molar-refractivity contribution is 0.748. The van der Waals surface area contributed by atoms with Crippen LogP contribution in [0.3, 0.4) is 0 Å². The summed E-state index contributed by atoms with van der Waals surface area (Å²) in [6, 6.07) is 86.9. The first-order valence-corrected chi connectivity index (χ1v) is 22.4. The molecular weight excluding hydrogens is 773 g/mol. The van der Waals surface area contributed by atoms with E-state index in [2.05, 4.69) is 240 Å². The molecule has 0 amide bonds. The molecule has 3 aliphatic carbocycles. The van der Waals surface area contributed by atoms with Crippen molar-refractivity contribution in [2.24, 2.45) is 0 Å². The Morgan fingerprint density at radius 1 is 0.312 bits per heavy atom. The Hall–Kier alpha value is -8.20. The van der Waals surface area contributed by atoms with E-state index in [9.17, 15) is 0 Å². The van der Waals surface area contributed by atoms with E-state index >= 15 is 0 Å². The molecule has 2 spiro atoms. The third kappa shape index (κ3) is 3.95. The van der Waals surface area contributed by atoms with Crippen LogP contribution in [0.25, 0.3) is 60.9 Å². The van der Waals surface area contributed by atoms with E-state index < -0.39 is 10.8 Å². The van der Waals surface area contributed by atoms with Crippen molar-refractivity contribution in [3.05, 3.63) is 275 Å². The molecule has 2 nitrogen and oxygen atoms in total. The number of rotatable bonds is 3. The van der Waals surface area contributed by atoms with Crippen molar-refractivity contribution in [2.45, 2.75) is 10.8 Å². The van der Waals surface area contributed by atoms with Gasteiger partial charge in [0, 0.05) is 27.7 Å². The summed E-state index contributed by atoms with van der Waals surface area (Å²) in [6.45, 7) is 0. The highest BCUT2D eigenvalue weighted by atomic mass is 15.1. The van der Waals surface area contributed by atoms with Crippen LogP contribution in [0, 0.1) is 0 Å². The number of para-hydroxylation sites is 3. The van der Waals surface area contributed by atoms with Crippen LogP contribution >= 0.6 is 0 Å². The average molecular weight is 811 g/mol. The molecule has 0 radical (unpaired) electrons. The van der Waals surface area contributed by atoms with Crippen LogP contribution in [0.1, 0.15) is 44.5 Å². The first-order valence-electron chi connectivity index (χ1n) is 22.4.